The minimum absolute atomic E-state index is 0.657. The molecule has 3 atom stereocenters. The Bertz CT molecular complexity index is 226. The second-order valence-electron chi connectivity index (χ2n) is 5.75. The molecule has 0 bridgehead atoms. The lowest BCUT2D eigenvalue weighted by Gasteiger charge is -2.33. The molecule has 3 nitrogen and oxygen atoms in total. The molecular weight excluding hydrogens is 320 g/mol. The van der Waals surface area contributed by atoms with Crippen molar-refractivity contribution in [2.75, 3.05) is 40.1 Å². The van der Waals surface area contributed by atoms with Gasteiger partial charge < -0.3 is 14.2 Å². The van der Waals surface area contributed by atoms with Crippen molar-refractivity contribution in [3.8, 4) is 0 Å². The first-order chi connectivity index (χ1) is 9.77. The molecule has 0 saturated heterocycles. The molecule has 120 valence electrons. The summed E-state index contributed by atoms with van der Waals surface area (Å²) < 4.78 is 16.0. The van der Waals surface area contributed by atoms with Crippen LogP contribution in [-0.4, -0.2) is 45.0 Å². The molecule has 1 fully saturated rings. The van der Waals surface area contributed by atoms with Crippen LogP contribution in [0.1, 0.15) is 45.4 Å². The third-order valence-electron chi connectivity index (χ3n) is 4.13. The fraction of sp³-hybridized carbons (Fsp3) is 1.00. The molecule has 0 radical (unpaired) electrons. The number of alkyl halides is 1. The predicted molar refractivity (Wildman–Crippen MR) is 86.6 cm³/mol. The molecule has 1 aliphatic rings. The zero-order valence-corrected chi connectivity index (χ0v) is 14.7. The molecule has 1 rings (SSSR count). The van der Waals surface area contributed by atoms with Crippen LogP contribution in [0, 0.1) is 11.8 Å². The van der Waals surface area contributed by atoms with Gasteiger partial charge in [0.2, 0.25) is 0 Å². The van der Waals surface area contributed by atoms with Gasteiger partial charge in [0.1, 0.15) is 0 Å². The Morgan fingerprint density at radius 1 is 0.950 bits per heavy atom. The average Bonchev–Trinajstić information content (AvgIpc) is 2.45. The van der Waals surface area contributed by atoms with E-state index in [-0.39, 0.29) is 0 Å². The second kappa shape index (κ2) is 12.0. The van der Waals surface area contributed by atoms with Gasteiger partial charge >= 0.3 is 0 Å². The standard InChI is InChI=1S/C16H31BrO3/c1-3-4-14-5-6-16(17)15(13-14)7-8-19-11-12-20-10-9-18-2/h14-16H,3-13H2,1-2H3. The van der Waals surface area contributed by atoms with Crippen molar-refractivity contribution in [2.24, 2.45) is 11.8 Å². The summed E-state index contributed by atoms with van der Waals surface area (Å²) in [6, 6.07) is 0. The number of rotatable bonds is 11. The predicted octanol–water partition coefficient (Wildman–Crippen LogP) is 4.04. The molecular formula is C16H31BrO3. The van der Waals surface area contributed by atoms with Crippen molar-refractivity contribution in [1.82, 2.24) is 0 Å². The lowest BCUT2D eigenvalue weighted by molar-refractivity contribution is 0.0204. The van der Waals surface area contributed by atoms with Crippen LogP contribution in [0.4, 0.5) is 0 Å². The number of hydrogen-bond acceptors (Lipinski definition) is 3. The topological polar surface area (TPSA) is 27.7 Å². The Hall–Kier alpha value is 0.360. The van der Waals surface area contributed by atoms with Crippen molar-refractivity contribution in [3.05, 3.63) is 0 Å². The van der Waals surface area contributed by atoms with Crippen LogP contribution in [0.15, 0.2) is 0 Å². The Morgan fingerprint density at radius 3 is 2.35 bits per heavy atom. The summed E-state index contributed by atoms with van der Waals surface area (Å²) >= 11 is 3.85. The Kier molecular flexibility index (Phi) is 11.0. The van der Waals surface area contributed by atoms with E-state index in [0.29, 0.717) is 31.3 Å². The van der Waals surface area contributed by atoms with Crippen LogP contribution < -0.4 is 0 Å². The van der Waals surface area contributed by atoms with Gasteiger partial charge in [-0.25, -0.2) is 0 Å². The van der Waals surface area contributed by atoms with Crippen LogP contribution in [0.5, 0.6) is 0 Å². The first kappa shape index (κ1) is 18.4. The maximum Gasteiger partial charge on any atom is 0.0701 e. The van der Waals surface area contributed by atoms with Crippen LogP contribution in [0.25, 0.3) is 0 Å². The molecule has 0 aromatic heterocycles. The maximum atomic E-state index is 5.67. The van der Waals surface area contributed by atoms with E-state index < -0.39 is 0 Å². The third kappa shape index (κ3) is 7.96. The molecule has 0 aliphatic heterocycles. The van der Waals surface area contributed by atoms with Gasteiger partial charge in [-0.15, -0.1) is 0 Å². The van der Waals surface area contributed by atoms with Crippen molar-refractivity contribution >= 4 is 15.9 Å². The van der Waals surface area contributed by atoms with Crippen LogP contribution in [0.2, 0.25) is 0 Å². The normalized spacial score (nSPS) is 26.9. The van der Waals surface area contributed by atoms with E-state index >= 15 is 0 Å². The minimum Gasteiger partial charge on any atom is -0.382 e. The fourth-order valence-electron chi connectivity index (χ4n) is 2.99. The summed E-state index contributed by atoms with van der Waals surface area (Å²) in [6.45, 7) is 5.84. The van der Waals surface area contributed by atoms with Gasteiger partial charge in [0, 0.05) is 18.5 Å². The first-order valence-electron chi connectivity index (χ1n) is 8.06. The van der Waals surface area contributed by atoms with Gasteiger partial charge in [-0.1, -0.05) is 35.7 Å². The Labute approximate surface area is 132 Å². The highest BCUT2D eigenvalue weighted by Crippen LogP contribution is 2.37. The zero-order chi connectivity index (χ0) is 14.6. The van der Waals surface area contributed by atoms with Gasteiger partial charge in [-0.3, -0.25) is 0 Å². The van der Waals surface area contributed by atoms with Crippen molar-refractivity contribution in [1.29, 1.82) is 0 Å². The molecule has 20 heavy (non-hydrogen) atoms. The lowest BCUT2D eigenvalue weighted by Crippen LogP contribution is -2.26. The van der Waals surface area contributed by atoms with Crippen molar-refractivity contribution in [2.45, 2.75) is 50.3 Å². The molecule has 0 N–H and O–H groups in total. The van der Waals surface area contributed by atoms with E-state index in [4.69, 9.17) is 14.2 Å². The van der Waals surface area contributed by atoms with E-state index in [0.717, 1.165) is 18.4 Å². The summed E-state index contributed by atoms with van der Waals surface area (Å²) in [4.78, 5) is 0.692. The monoisotopic (exact) mass is 350 g/mol. The lowest BCUT2D eigenvalue weighted by atomic mass is 9.78. The number of halogens is 1. The minimum atomic E-state index is 0.657. The second-order valence-corrected chi connectivity index (χ2v) is 6.93. The van der Waals surface area contributed by atoms with Gasteiger partial charge in [0.25, 0.3) is 0 Å². The first-order valence-corrected chi connectivity index (χ1v) is 8.98. The Morgan fingerprint density at radius 2 is 1.65 bits per heavy atom. The Balaban J connectivity index is 2.02. The quantitative estimate of drug-likeness (QED) is 0.415. The summed E-state index contributed by atoms with van der Waals surface area (Å²) in [6.07, 6.45) is 7.99. The maximum absolute atomic E-state index is 5.67. The molecule has 0 spiro atoms. The van der Waals surface area contributed by atoms with E-state index in [9.17, 15) is 0 Å². The molecule has 1 saturated carbocycles. The molecule has 0 amide bonds. The van der Waals surface area contributed by atoms with E-state index in [2.05, 4.69) is 22.9 Å². The zero-order valence-electron chi connectivity index (χ0n) is 13.1. The molecule has 1 aliphatic carbocycles. The smallest absolute Gasteiger partial charge is 0.0701 e. The fourth-order valence-corrected chi connectivity index (χ4v) is 3.74. The summed E-state index contributed by atoms with van der Waals surface area (Å²) in [5.41, 5.74) is 0. The summed E-state index contributed by atoms with van der Waals surface area (Å²) in [5, 5.41) is 0. The third-order valence-corrected chi connectivity index (χ3v) is 5.34. The number of hydrogen-bond donors (Lipinski definition) is 0. The van der Waals surface area contributed by atoms with Crippen LogP contribution in [-0.2, 0) is 14.2 Å². The van der Waals surface area contributed by atoms with Gasteiger partial charge in [0.15, 0.2) is 0 Å². The highest BCUT2D eigenvalue weighted by Gasteiger charge is 2.27. The van der Waals surface area contributed by atoms with Gasteiger partial charge in [-0.05, 0) is 37.5 Å². The molecule has 3 unspecified atom stereocenters. The van der Waals surface area contributed by atoms with E-state index in [1.54, 1.807) is 7.11 Å². The average molecular weight is 351 g/mol. The van der Waals surface area contributed by atoms with Gasteiger partial charge in [0.05, 0.1) is 26.4 Å². The summed E-state index contributed by atoms with van der Waals surface area (Å²) in [5.74, 6) is 1.73. The molecule has 0 aromatic rings. The molecule has 0 heterocycles. The molecule has 0 aromatic carbocycles. The van der Waals surface area contributed by atoms with Crippen molar-refractivity contribution < 1.29 is 14.2 Å². The van der Waals surface area contributed by atoms with Gasteiger partial charge in [-0.2, -0.15) is 0 Å². The van der Waals surface area contributed by atoms with Crippen molar-refractivity contribution in [3.63, 3.8) is 0 Å². The summed E-state index contributed by atoms with van der Waals surface area (Å²) in [7, 11) is 1.69. The number of ether oxygens (including phenoxy) is 3. The highest BCUT2D eigenvalue weighted by atomic mass is 79.9. The van der Waals surface area contributed by atoms with E-state index in [1.165, 1.54) is 38.5 Å². The highest BCUT2D eigenvalue weighted by molar-refractivity contribution is 9.09. The van der Waals surface area contributed by atoms with E-state index in [1.807, 2.05) is 0 Å². The largest absolute Gasteiger partial charge is 0.382 e. The molecule has 4 heteroatoms. The number of methoxy groups -OCH3 is 1. The van der Waals surface area contributed by atoms with Crippen LogP contribution in [0.3, 0.4) is 0 Å². The van der Waals surface area contributed by atoms with Crippen LogP contribution >= 0.6 is 15.9 Å². The SMILES string of the molecule is CCCC1CCC(Br)C(CCOCCOCCOC)C1.